The van der Waals surface area contributed by atoms with E-state index in [0.717, 1.165) is 13.0 Å². The minimum absolute atomic E-state index is 0.0364. The van der Waals surface area contributed by atoms with Crippen molar-refractivity contribution in [3.8, 4) is 0 Å². The van der Waals surface area contributed by atoms with Gasteiger partial charge in [0.2, 0.25) is 5.91 Å². The van der Waals surface area contributed by atoms with Gasteiger partial charge in [0.25, 0.3) is 0 Å². The molecule has 0 radical (unpaired) electrons. The molecule has 1 atom stereocenters. The Bertz CT molecular complexity index is 306. The summed E-state index contributed by atoms with van der Waals surface area (Å²) in [5.41, 5.74) is 3.06. The summed E-state index contributed by atoms with van der Waals surface area (Å²) >= 11 is 0. The first-order valence-electron chi connectivity index (χ1n) is 5.77. The summed E-state index contributed by atoms with van der Waals surface area (Å²) in [5.74, 6) is 0.655. The Balaban J connectivity index is 2.25. The van der Waals surface area contributed by atoms with E-state index in [9.17, 15) is 4.79 Å². The van der Waals surface area contributed by atoms with Crippen LogP contribution in [0, 0.1) is 5.92 Å². The molecule has 0 aliphatic rings. The lowest BCUT2D eigenvalue weighted by atomic mass is 10.1. The third-order valence-corrected chi connectivity index (χ3v) is 2.36. The number of nitrogens with zero attached hydrogens (tertiary/aromatic N) is 1. The number of amides is 1. The standard InChI is InChI=1S/C12H21N3O/c1-10(2)6-7-13-12(16)11(3)14-15-8-4-5-9-15/h4-5,8-11,14H,6-7H2,1-3H3,(H,13,16). The molecule has 0 spiro atoms. The summed E-state index contributed by atoms with van der Waals surface area (Å²) < 4.78 is 1.78. The maximum absolute atomic E-state index is 11.7. The van der Waals surface area contributed by atoms with E-state index in [-0.39, 0.29) is 11.9 Å². The van der Waals surface area contributed by atoms with Gasteiger partial charge in [0.05, 0.1) is 0 Å². The summed E-state index contributed by atoms with van der Waals surface area (Å²) in [6.07, 6.45) is 4.76. The second-order valence-corrected chi connectivity index (χ2v) is 4.41. The van der Waals surface area contributed by atoms with Gasteiger partial charge in [-0.25, -0.2) is 0 Å². The Hall–Kier alpha value is -1.45. The number of carbonyl (C=O) groups is 1. The molecule has 0 saturated heterocycles. The Kier molecular flexibility index (Phi) is 4.89. The average molecular weight is 223 g/mol. The van der Waals surface area contributed by atoms with Gasteiger partial charge in [-0.1, -0.05) is 13.8 Å². The fourth-order valence-electron chi connectivity index (χ4n) is 1.34. The van der Waals surface area contributed by atoms with Gasteiger partial charge in [0, 0.05) is 18.9 Å². The van der Waals surface area contributed by atoms with E-state index in [4.69, 9.17) is 0 Å². The van der Waals surface area contributed by atoms with Crippen molar-refractivity contribution in [3.63, 3.8) is 0 Å². The highest BCUT2D eigenvalue weighted by atomic mass is 16.2. The highest BCUT2D eigenvalue weighted by Gasteiger charge is 2.11. The summed E-state index contributed by atoms with van der Waals surface area (Å²) in [6, 6.07) is 3.60. The molecule has 0 aliphatic heterocycles. The maximum Gasteiger partial charge on any atom is 0.243 e. The van der Waals surface area contributed by atoms with Crippen LogP contribution in [0.4, 0.5) is 0 Å². The predicted octanol–water partition coefficient (Wildman–Crippen LogP) is 1.58. The smallest absolute Gasteiger partial charge is 0.243 e. The number of nitrogens with one attached hydrogen (secondary N) is 2. The lowest BCUT2D eigenvalue weighted by Gasteiger charge is -2.16. The molecule has 2 N–H and O–H groups in total. The summed E-state index contributed by atoms with van der Waals surface area (Å²) in [7, 11) is 0. The van der Waals surface area contributed by atoms with E-state index in [1.54, 1.807) is 4.68 Å². The van der Waals surface area contributed by atoms with E-state index in [0.29, 0.717) is 5.92 Å². The maximum atomic E-state index is 11.7. The highest BCUT2D eigenvalue weighted by molar-refractivity contribution is 5.82. The Morgan fingerprint density at radius 1 is 1.25 bits per heavy atom. The molecule has 1 aromatic rings. The van der Waals surface area contributed by atoms with Crippen LogP contribution < -0.4 is 10.7 Å². The molecular weight excluding hydrogens is 202 g/mol. The minimum atomic E-state index is -0.223. The topological polar surface area (TPSA) is 46.1 Å². The first kappa shape index (κ1) is 12.6. The quantitative estimate of drug-likeness (QED) is 0.769. The first-order valence-corrected chi connectivity index (χ1v) is 5.77. The third kappa shape index (κ3) is 4.38. The molecule has 4 heteroatoms. The minimum Gasteiger partial charge on any atom is -0.354 e. The molecule has 0 saturated carbocycles. The number of carbonyl (C=O) groups excluding carboxylic acids is 1. The van der Waals surface area contributed by atoms with Crippen molar-refractivity contribution >= 4 is 5.91 Å². The molecule has 90 valence electrons. The van der Waals surface area contributed by atoms with Gasteiger partial charge in [0.1, 0.15) is 6.04 Å². The van der Waals surface area contributed by atoms with E-state index < -0.39 is 0 Å². The molecule has 0 aromatic carbocycles. The molecule has 0 bridgehead atoms. The van der Waals surface area contributed by atoms with Crippen LogP contribution in [0.3, 0.4) is 0 Å². The van der Waals surface area contributed by atoms with Crippen LogP contribution in [0.25, 0.3) is 0 Å². The molecule has 1 unspecified atom stereocenters. The van der Waals surface area contributed by atoms with Crippen LogP contribution in [0.2, 0.25) is 0 Å². The molecule has 0 fully saturated rings. The molecule has 1 rings (SSSR count). The zero-order chi connectivity index (χ0) is 12.0. The molecule has 0 aliphatic carbocycles. The van der Waals surface area contributed by atoms with E-state index in [2.05, 4.69) is 24.6 Å². The second-order valence-electron chi connectivity index (χ2n) is 4.41. The van der Waals surface area contributed by atoms with Crippen molar-refractivity contribution in [3.05, 3.63) is 24.5 Å². The lowest BCUT2D eigenvalue weighted by Crippen LogP contribution is -2.41. The largest absolute Gasteiger partial charge is 0.354 e. The fourth-order valence-corrected chi connectivity index (χ4v) is 1.34. The van der Waals surface area contributed by atoms with Gasteiger partial charge in [-0.3, -0.25) is 9.47 Å². The van der Waals surface area contributed by atoms with E-state index in [1.165, 1.54) is 0 Å². The van der Waals surface area contributed by atoms with Crippen molar-refractivity contribution in [1.29, 1.82) is 0 Å². The van der Waals surface area contributed by atoms with Crippen LogP contribution in [0.1, 0.15) is 27.2 Å². The van der Waals surface area contributed by atoms with Crippen LogP contribution in [-0.2, 0) is 4.79 Å². The summed E-state index contributed by atoms with van der Waals surface area (Å²) in [6.45, 7) is 6.89. The van der Waals surface area contributed by atoms with Crippen molar-refractivity contribution < 1.29 is 4.79 Å². The van der Waals surface area contributed by atoms with E-state index >= 15 is 0 Å². The van der Waals surface area contributed by atoms with Crippen molar-refractivity contribution in [2.24, 2.45) is 5.92 Å². The molecule has 1 heterocycles. The van der Waals surface area contributed by atoms with Gasteiger partial charge >= 0.3 is 0 Å². The Labute approximate surface area is 97.0 Å². The highest BCUT2D eigenvalue weighted by Crippen LogP contribution is 1.97. The van der Waals surface area contributed by atoms with Gasteiger partial charge in [-0.2, -0.15) is 0 Å². The number of aromatic nitrogens is 1. The zero-order valence-electron chi connectivity index (χ0n) is 10.2. The van der Waals surface area contributed by atoms with Gasteiger partial charge < -0.3 is 10.7 Å². The fraction of sp³-hybridized carbons (Fsp3) is 0.583. The van der Waals surface area contributed by atoms with Crippen molar-refractivity contribution in [2.75, 3.05) is 12.0 Å². The molecule has 1 aromatic heterocycles. The van der Waals surface area contributed by atoms with Crippen LogP contribution in [-0.4, -0.2) is 23.2 Å². The van der Waals surface area contributed by atoms with E-state index in [1.807, 2.05) is 31.5 Å². The molecular formula is C12H21N3O. The molecule has 16 heavy (non-hydrogen) atoms. The predicted molar refractivity (Wildman–Crippen MR) is 65.7 cm³/mol. The van der Waals surface area contributed by atoms with Gasteiger partial charge in [0.15, 0.2) is 0 Å². The molecule has 1 amide bonds. The third-order valence-electron chi connectivity index (χ3n) is 2.36. The van der Waals surface area contributed by atoms with Crippen LogP contribution >= 0.6 is 0 Å². The van der Waals surface area contributed by atoms with Gasteiger partial charge in [-0.05, 0) is 31.4 Å². The van der Waals surface area contributed by atoms with Crippen LogP contribution in [0.15, 0.2) is 24.5 Å². The Morgan fingerprint density at radius 3 is 2.44 bits per heavy atom. The monoisotopic (exact) mass is 223 g/mol. The normalized spacial score (nSPS) is 12.5. The summed E-state index contributed by atoms with van der Waals surface area (Å²) in [4.78, 5) is 11.7. The second kappa shape index (κ2) is 6.20. The SMILES string of the molecule is CC(C)CCNC(=O)C(C)Nn1cccc1. The zero-order valence-corrected chi connectivity index (χ0v) is 10.2. The van der Waals surface area contributed by atoms with Gasteiger partial charge in [-0.15, -0.1) is 0 Å². The van der Waals surface area contributed by atoms with Crippen molar-refractivity contribution in [2.45, 2.75) is 33.2 Å². The average Bonchev–Trinajstić information content (AvgIpc) is 2.69. The number of rotatable bonds is 6. The number of hydrogen-bond donors (Lipinski definition) is 2. The number of hydrogen-bond acceptors (Lipinski definition) is 2. The van der Waals surface area contributed by atoms with Crippen molar-refractivity contribution in [1.82, 2.24) is 9.99 Å². The summed E-state index contributed by atoms with van der Waals surface area (Å²) in [5, 5.41) is 2.91. The Morgan fingerprint density at radius 2 is 1.88 bits per heavy atom. The van der Waals surface area contributed by atoms with Crippen LogP contribution in [0.5, 0.6) is 0 Å². The first-order chi connectivity index (χ1) is 7.59. The molecule has 4 nitrogen and oxygen atoms in total. The lowest BCUT2D eigenvalue weighted by molar-refractivity contribution is -0.121.